The maximum atomic E-state index is 12.3. The van der Waals surface area contributed by atoms with Crippen LogP contribution >= 0.6 is 28.3 Å². The van der Waals surface area contributed by atoms with Crippen LogP contribution in [-0.2, 0) is 16.0 Å². The van der Waals surface area contributed by atoms with E-state index in [4.69, 9.17) is 14.5 Å². The second-order valence-electron chi connectivity index (χ2n) is 6.07. The molecule has 0 unspecified atom stereocenters. The third-order valence-electron chi connectivity index (χ3n) is 4.34. The number of hydrogen-bond acceptors (Lipinski definition) is 6. The minimum Gasteiger partial charge on any atom is -0.462 e. The van der Waals surface area contributed by atoms with E-state index >= 15 is 0 Å². The quantitative estimate of drug-likeness (QED) is 0.627. The van der Waals surface area contributed by atoms with Crippen molar-refractivity contribution >= 4 is 40.0 Å². The van der Waals surface area contributed by atoms with Gasteiger partial charge in [-0.3, -0.25) is 4.90 Å². The van der Waals surface area contributed by atoms with Gasteiger partial charge in [-0.05, 0) is 26.0 Å². The molecular weight excluding hydrogens is 430 g/mol. The molecule has 2 aromatic rings. The number of nitrogens with zero attached hydrogens (tertiary/aromatic N) is 3. The number of carbonyl (C=O) groups excluding carboxylic acids is 1. The lowest BCUT2D eigenvalue weighted by atomic mass is 10.3. The fourth-order valence-electron chi connectivity index (χ4n) is 2.90. The average molecular weight is 456 g/mol. The lowest BCUT2D eigenvalue weighted by molar-refractivity contribution is 0.0362. The Morgan fingerprint density at radius 3 is 2.59 bits per heavy atom. The van der Waals surface area contributed by atoms with Crippen molar-refractivity contribution < 1.29 is 14.3 Å². The molecule has 0 N–H and O–H groups in total. The number of rotatable bonds is 6. The number of benzene rings is 1. The van der Waals surface area contributed by atoms with Gasteiger partial charge in [0, 0.05) is 31.9 Å². The van der Waals surface area contributed by atoms with Crippen LogP contribution in [0.3, 0.4) is 0 Å². The molecule has 0 aliphatic carbocycles. The van der Waals surface area contributed by atoms with Crippen LogP contribution in [0.25, 0.3) is 0 Å². The zero-order chi connectivity index (χ0) is 18.4. The molecule has 1 aliphatic rings. The largest absolute Gasteiger partial charge is 0.462 e. The topological polar surface area (TPSA) is 56.1 Å². The maximum Gasteiger partial charge on any atom is 0.350 e. The third-order valence-corrected chi connectivity index (χ3v) is 5.50. The minimum absolute atomic E-state index is 0. The zero-order valence-electron chi connectivity index (χ0n) is 15.7. The SMILES string of the molecule is Br.CCOC(=O)c1sc(=Nc2ccccc2)n(CCN2CCOCC2)c1C. The van der Waals surface area contributed by atoms with Crippen molar-refractivity contribution in [3.63, 3.8) is 0 Å². The molecule has 6 nitrogen and oxygen atoms in total. The molecule has 0 amide bonds. The van der Waals surface area contributed by atoms with Gasteiger partial charge in [-0.2, -0.15) is 0 Å². The van der Waals surface area contributed by atoms with Gasteiger partial charge in [0.15, 0.2) is 4.80 Å². The van der Waals surface area contributed by atoms with Crippen molar-refractivity contribution in [2.45, 2.75) is 20.4 Å². The molecule has 8 heteroatoms. The smallest absolute Gasteiger partial charge is 0.350 e. The molecular formula is C19H26BrN3O3S. The fraction of sp³-hybridized carbons (Fsp3) is 0.474. The van der Waals surface area contributed by atoms with E-state index < -0.39 is 0 Å². The summed E-state index contributed by atoms with van der Waals surface area (Å²) in [5, 5.41) is 0. The molecule has 0 saturated carbocycles. The predicted octanol–water partition coefficient (Wildman–Crippen LogP) is 3.18. The van der Waals surface area contributed by atoms with Crippen LogP contribution in [0, 0.1) is 6.92 Å². The Kier molecular flexibility index (Phi) is 8.69. The van der Waals surface area contributed by atoms with Gasteiger partial charge in [0.05, 0.1) is 25.5 Å². The number of esters is 1. The molecule has 148 valence electrons. The van der Waals surface area contributed by atoms with Crippen molar-refractivity contribution in [3.8, 4) is 0 Å². The van der Waals surface area contributed by atoms with E-state index in [1.807, 2.05) is 44.2 Å². The molecule has 1 aromatic carbocycles. The first-order valence-corrected chi connectivity index (χ1v) is 9.78. The first-order chi connectivity index (χ1) is 12.7. The highest BCUT2D eigenvalue weighted by molar-refractivity contribution is 8.93. The van der Waals surface area contributed by atoms with E-state index in [1.54, 1.807) is 0 Å². The van der Waals surface area contributed by atoms with Gasteiger partial charge in [0.2, 0.25) is 0 Å². The Morgan fingerprint density at radius 1 is 1.22 bits per heavy atom. The minimum atomic E-state index is -0.273. The number of halogens is 1. The number of ether oxygens (including phenoxy) is 2. The van der Waals surface area contributed by atoms with Crippen LogP contribution in [0.1, 0.15) is 22.3 Å². The van der Waals surface area contributed by atoms with E-state index in [9.17, 15) is 4.79 Å². The normalized spacial score (nSPS) is 15.4. The lowest BCUT2D eigenvalue weighted by Gasteiger charge is -2.26. The van der Waals surface area contributed by atoms with Crippen LogP contribution in [0.2, 0.25) is 0 Å². The first-order valence-electron chi connectivity index (χ1n) is 8.96. The molecule has 1 saturated heterocycles. The average Bonchev–Trinajstić information content (AvgIpc) is 2.97. The summed E-state index contributed by atoms with van der Waals surface area (Å²) in [6.07, 6.45) is 0. The highest BCUT2D eigenvalue weighted by Crippen LogP contribution is 2.16. The Morgan fingerprint density at radius 2 is 1.93 bits per heavy atom. The number of morpholine rings is 1. The molecule has 1 fully saturated rings. The number of carbonyl (C=O) groups is 1. The van der Waals surface area contributed by atoms with Crippen LogP contribution in [0.5, 0.6) is 0 Å². The second kappa shape index (κ2) is 10.8. The monoisotopic (exact) mass is 455 g/mol. The highest BCUT2D eigenvalue weighted by Gasteiger charge is 2.19. The number of para-hydroxylation sites is 1. The van der Waals surface area contributed by atoms with Gasteiger partial charge >= 0.3 is 5.97 Å². The Balaban J connectivity index is 0.00000261. The Hall–Kier alpha value is -1.48. The molecule has 1 aromatic heterocycles. The maximum absolute atomic E-state index is 12.3. The Bertz CT molecular complexity index is 798. The molecule has 0 radical (unpaired) electrons. The van der Waals surface area contributed by atoms with Crippen molar-refractivity contribution in [3.05, 3.63) is 45.7 Å². The van der Waals surface area contributed by atoms with Crippen molar-refractivity contribution in [2.75, 3.05) is 39.5 Å². The van der Waals surface area contributed by atoms with Gasteiger partial charge in [0.1, 0.15) is 4.88 Å². The van der Waals surface area contributed by atoms with Crippen LogP contribution in [0.4, 0.5) is 5.69 Å². The molecule has 1 aliphatic heterocycles. The highest BCUT2D eigenvalue weighted by atomic mass is 79.9. The first kappa shape index (κ1) is 21.8. The van der Waals surface area contributed by atoms with Crippen molar-refractivity contribution in [2.24, 2.45) is 4.99 Å². The molecule has 0 spiro atoms. The van der Waals surface area contributed by atoms with E-state index in [0.29, 0.717) is 11.5 Å². The van der Waals surface area contributed by atoms with E-state index in [0.717, 1.165) is 55.6 Å². The van der Waals surface area contributed by atoms with E-state index in [2.05, 4.69) is 9.47 Å². The zero-order valence-corrected chi connectivity index (χ0v) is 18.2. The van der Waals surface area contributed by atoms with Gasteiger partial charge in [-0.15, -0.1) is 17.0 Å². The van der Waals surface area contributed by atoms with E-state index in [1.165, 1.54) is 11.3 Å². The summed E-state index contributed by atoms with van der Waals surface area (Å²) in [5.41, 5.74) is 1.79. The summed E-state index contributed by atoms with van der Waals surface area (Å²) in [6.45, 7) is 9.30. The van der Waals surface area contributed by atoms with Crippen LogP contribution in [-0.4, -0.2) is 54.9 Å². The van der Waals surface area contributed by atoms with Gasteiger partial charge in [-0.1, -0.05) is 29.5 Å². The van der Waals surface area contributed by atoms with Gasteiger partial charge < -0.3 is 14.0 Å². The number of aromatic nitrogens is 1. The molecule has 0 atom stereocenters. The number of hydrogen-bond donors (Lipinski definition) is 0. The number of thiazole rings is 1. The van der Waals surface area contributed by atoms with Gasteiger partial charge in [0.25, 0.3) is 0 Å². The van der Waals surface area contributed by atoms with Crippen LogP contribution in [0.15, 0.2) is 35.3 Å². The molecule has 0 bridgehead atoms. The van der Waals surface area contributed by atoms with E-state index in [-0.39, 0.29) is 23.0 Å². The predicted molar refractivity (Wildman–Crippen MR) is 112 cm³/mol. The third kappa shape index (κ3) is 5.75. The summed E-state index contributed by atoms with van der Waals surface area (Å²) < 4.78 is 12.8. The van der Waals surface area contributed by atoms with Gasteiger partial charge in [-0.25, -0.2) is 9.79 Å². The molecule has 27 heavy (non-hydrogen) atoms. The summed E-state index contributed by atoms with van der Waals surface area (Å²) in [5.74, 6) is -0.273. The summed E-state index contributed by atoms with van der Waals surface area (Å²) in [6, 6.07) is 9.82. The van der Waals surface area contributed by atoms with Crippen molar-refractivity contribution in [1.82, 2.24) is 9.47 Å². The fourth-order valence-corrected chi connectivity index (χ4v) is 3.97. The molecule has 3 rings (SSSR count). The second-order valence-corrected chi connectivity index (χ2v) is 7.05. The molecule has 2 heterocycles. The van der Waals surface area contributed by atoms with Crippen molar-refractivity contribution in [1.29, 1.82) is 0 Å². The Labute approximate surface area is 174 Å². The summed E-state index contributed by atoms with van der Waals surface area (Å²) in [4.78, 5) is 20.9. The standard InChI is InChI=1S/C19H25N3O3S.BrH/c1-3-25-18(23)17-15(2)22(10-9-21-11-13-24-14-12-21)19(26-17)20-16-7-5-4-6-8-16;/h4-8H,3,9-14H2,1-2H3;1H. The lowest BCUT2D eigenvalue weighted by Crippen LogP contribution is -2.39. The summed E-state index contributed by atoms with van der Waals surface area (Å²) >= 11 is 1.39. The summed E-state index contributed by atoms with van der Waals surface area (Å²) in [7, 11) is 0. The van der Waals surface area contributed by atoms with Crippen LogP contribution < -0.4 is 4.80 Å².